The molecule has 0 bridgehead atoms. The van der Waals surface area contributed by atoms with Gasteiger partial charge in [-0.15, -0.1) is 0 Å². The summed E-state index contributed by atoms with van der Waals surface area (Å²) in [5, 5.41) is 1.45. The van der Waals surface area contributed by atoms with Crippen LogP contribution in [0.1, 0.15) is 25.7 Å². The van der Waals surface area contributed by atoms with Crippen LogP contribution in [-0.4, -0.2) is 30.7 Å². The van der Waals surface area contributed by atoms with Crippen molar-refractivity contribution in [1.29, 1.82) is 0 Å². The monoisotopic (exact) mass is 267 g/mol. The SMILES string of the molecule is O=C(CCCOc1ccc(F)cc1)N1CCCCO1. The number of ether oxygens (including phenoxy) is 1. The molecule has 1 fully saturated rings. The standard InChI is InChI=1S/C14H18FNO3/c15-12-5-7-13(8-6-12)18-10-3-4-14(17)16-9-1-2-11-19-16/h5-8H,1-4,9-11H2. The maximum Gasteiger partial charge on any atom is 0.246 e. The van der Waals surface area contributed by atoms with Gasteiger partial charge in [0.2, 0.25) is 5.91 Å². The summed E-state index contributed by atoms with van der Waals surface area (Å²) in [6, 6.07) is 5.85. The van der Waals surface area contributed by atoms with Gasteiger partial charge in [0.05, 0.1) is 13.2 Å². The highest BCUT2D eigenvalue weighted by atomic mass is 19.1. The highest BCUT2D eigenvalue weighted by molar-refractivity contribution is 5.75. The fraction of sp³-hybridized carbons (Fsp3) is 0.500. The van der Waals surface area contributed by atoms with Gasteiger partial charge in [0.25, 0.3) is 0 Å². The molecule has 0 aliphatic carbocycles. The lowest BCUT2D eigenvalue weighted by molar-refractivity contribution is -0.197. The molecule has 1 aromatic rings. The Morgan fingerprint density at radius 2 is 2.11 bits per heavy atom. The van der Waals surface area contributed by atoms with Crippen molar-refractivity contribution in [2.45, 2.75) is 25.7 Å². The number of amides is 1. The van der Waals surface area contributed by atoms with E-state index in [0.717, 1.165) is 12.8 Å². The third-order valence-electron chi connectivity index (χ3n) is 2.90. The second-order valence-electron chi connectivity index (χ2n) is 4.44. The van der Waals surface area contributed by atoms with Gasteiger partial charge in [0.15, 0.2) is 0 Å². The number of benzene rings is 1. The Morgan fingerprint density at radius 1 is 1.32 bits per heavy atom. The molecule has 0 saturated carbocycles. The highest BCUT2D eigenvalue weighted by Crippen LogP contribution is 2.12. The van der Waals surface area contributed by atoms with Crippen LogP contribution < -0.4 is 4.74 Å². The van der Waals surface area contributed by atoms with E-state index in [-0.39, 0.29) is 11.7 Å². The zero-order valence-electron chi connectivity index (χ0n) is 10.8. The quantitative estimate of drug-likeness (QED) is 0.769. The maximum absolute atomic E-state index is 12.7. The molecule has 1 heterocycles. The van der Waals surface area contributed by atoms with Crippen molar-refractivity contribution in [2.24, 2.45) is 0 Å². The van der Waals surface area contributed by atoms with Crippen molar-refractivity contribution in [1.82, 2.24) is 5.06 Å². The molecule has 104 valence electrons. The minimum atomic E-state index is -0.287. The number of nitrogens with zero attached hydrogens (tertiary/aromatic N) is 1. The average Bonchev–Trinajstić information content (AvgIpc) is 2.46. The highest BCUT2D eigenvalue weighted by Gasteiger charge is 2.16. The van der Waals surface area contributed by atoms with Gasteiger partial charge < -0.3 is 4.74 Å². The lowest BCUT2D eigenvalue weighted by Gasteiger charge is -2.25. The van der Waals surface area contributed by atoms with E-state index in [2.05, 4.69) is 0 Å². The van der Waals surface area contributed by atoms with Crippen LogP contribution in [0.15, 0.2) is 24.3 Å². The third-order valence-corrected chi connectivity index (χ3v) is 2.90. The van der Waals surface area contributed by atoms with Crippen molar-refractivity contribution in [2.75, 3.05) is 19.8 Å². The van der Waals surface area contributed by atoms with Gasteiger partial charge >= 0.3 is 0 Å². The van der Waals surface area contributed by atoms with Gasteiger partial charge in [-0.25, -0.2) is 9.45 Å². The van der Waals surface area contributed by atoms with Crippen molar-refractivity contribution in [3.8, 4) is 5.75 Å². The van der Waals surface area contributed by atoms with E-state index in [4.69, 9.17) is 9.57 Å². The minimum Gasteiger partial charge on any atom is -0.494 e. The third kappa shape index (κ3) is 4.52. The lowest BCUT2D eigenvalue weighted by Crippen LogP contribution is -2.35. The van der Waals surface area contributed by atoms with Crippen LogP contribution in [-0.2, 0) is 9.63 Å². The van der Waals surface area contributed by atoms with Crippen LogP contribution in [0.4, 0.5) is 4.39 Å². The van der Waals surface area contributed by atoms with Gasteiger partial charge in [-0.05, 0) is 43.5 Å². The van der Waals surface area contributed by atoms with E-state index in [1.807, 2.05) is 0 Å². The van der Waals surface area contributed by atoms with Crippen LogP contribution in [0.25, 0.3) is 0 Å². The second-order valence-corrected chi connectivity index (χ2v) is 4.44. The number of hydroxylamine groups is 2. The summed E-state index contributed by atoms with van der Waals surface area (Å²) in [5.74, 6) is 0.329. The van der Waals surface area contributed by atoms with Gasteiger partial charge in [0.1, 0.15) is 11.6 Å². The zero-order chi connectivity index (χ0) is 13.5. The molecule has 0 N–H and O–H groups in total. The Hall–Kier alpha value is -1.62. The van der Waals surface area contributed by atoms with E-state index in [1.54, 1.807) is 12.1 Å². The largest absolute Gasteiger partial charge is 0.494 e. The number of hydrogen-bond acceptors (Lipinski definition) is 3. The Kier molecular flexibility index (Phi) is 5.15. The van der Waals surface area contributed by atoms with Crippen LogP contribution in [0.2, 0.25) is 0 Å². The lowest BCUT2D eigenvalue weighted by atomic mass is 10.2. The topological polar surface area (TPSA) is 38.8 Å². The molecule has 0 spiro atoms. The first kappa shape index (κ1) is 13.8. The molecule has 1 aliphatic rings. The van der Waals surface area contributed by atoms with Crippen molar-refractivity contribution >= 4 is 5.91 Å². The Morgan fingerprint density at radius 3 is 2.79 bits per heavy atom. The molecule has 0 aromatic heterocycles. The smallest absolute Gasteiger partial charge is 0.246 e. The fourth-order valence-electron chi connectivity index (χ4n) is 1.86. The number of hydrogen-bond donors (Lipinski definition) is 0. The molecule has 1 aromatic carbocycles. The molecule has 1 aliphatic heterocycles. The molecule has 0 radical (unpaired) electrons. The summed E-state index contributed by atoms with van der Waals surface area (Å²) in [6.45, 7) is 1.74. The van der Waals surface area contributed by atoms with E-state index >= 15 is 0 Å². The van der Waals surface area contributed by atoms with Crippen molar-refractivity contribution < 1.29 is 18.8 Å². The zero-order valence-corrected chi connectivity index (χ0v) is 10.8. The molecule has 19 heavy (non-hydrogen) atoms. The Labute approximate surface area is 112 Å². The summed E-state index contributed by atoms with van der Waals surface area (Å²) in [6.07, 6.45) is 3.03. The van der Waals surface area contributed by atoms with E-state index < -0.39 is 0 Å². The van der Waals surface area contributed by atoms with Crippen molar-refractivity contribution in [3.05, 3.63) is 30.1 Å². The van der Waals surface area contributed by atoms with Crippen LogP contribution in [0.3, 0.4) is 0 Å². The molecule has 0 atom stereocenters. The summed E-state index contributed by atoms with van der Waals surface area (Å²) < 4.78 is 18.1. The minimum absolute atomic E-state index is 0.00223. The number of carbonyl (C=O) groups is 1. The molecule has 1 amide bonds. The van der Waals surface area contributed by atoms with Gasteiger partial charge in [0, 0.05) is 13.0 Å². The second kappa shape index (κ2) is 7.09. The van der Waals surface area contributed by atoms with E-state index in [1.165, 1.54) is 17.2 Å². The molecule has 1 saturated heterocycles. The van der Waals surface area contributed by atoms with Gasteiger partial charge in [-0.1, -0.05) is 0 Å². The predicted octanol–water partition coefficient (Wildman–Crippen LogP) is 2.54. The summed E-state index contributed by atoms with van der Waals surface area (Å²) in [4.78, 5) is 17.0. The maximum atomic E-state index is 12.7. The first-order valence-corrected chi connectivity index (χ1v) is 6.57. The first-order chi connectivity index (χ1) is 9.25. The molecular weight excluding hydrogens is 249 g/mol. The summed E-state index contributed by atoms with van der Waals surface area (Å²) in [7, 11) is 0. The van der Waals surface area contributed by atoms with Gasteiger partial charge in [-0.3, -0.25) is 9.63 Å². The fourth-order valence-corrected chi connectivity index (χ4v) is 1.86. The van der Waals surface area contributed by atoms with Crippen LogP contribution in [0.5, 0.6) is 5.75 Å². The van der Waals surface area contributed by atoms with Gasteiger partial charge in [-0.2, -0.15) is 0 Å². The summed E-state index contributed by atoms with van der Waals surface area (Å²) >= 11 is 0. The Bertz CT molecular complexity index is 402. The van der Waals surface area contributed by atoms with Crippen LogP contribution in [0, 0.1) is 5.82 Å². The average molecular weight is 267 g/mol. The number of halogens is 1. The van der Waals surface area contributed by atoms with E-state index in [0.29, 0.717) is 38.3 Å². The molecule has 4 nitrogen and oxygen atoms in total. The number of carbonyl (C=O) groups excluding carboxylic acids is 1. The first-order valence-electron chi connectivity index (χ1n) is 6.57. The molecular formula is C14H18FNO3. The number of rotatable bonds is 5. The van der Waals surface area contributed by atoms with Crippen LogP contribution >= 0.6 is 0 Å². The van der Waals surface area contributed by atoms with E-state index in [9.17, 15) is 9.18 Å². The predicted molar refractivity (Wildman–Crippen MR) is 68.0 cm³/mol. The molecule has 0 unspecified atom stereocenters. The normalized spacial score (nSPS) is 15.3. The molecule has 5 heteroatoms. The van der Waals surface area contributed by atoms with Crippen molar-refractivity contribution in [3.63, 3.8) is 0 Å². The molecule has 2 rings (SSSR count). The Balaban J connectivity index is 1.63. The summed E-state index contributed by atoms with van der Waals surface area (Å²) in [5.41, 5.74) is 0.